The predicted octanol–water partition coefficient (Wildman–Crippen LogP) is 2.27. The molecule has 4 nitrogen and oxygen atoms in total. The molecule has 116 valence electrons. The highest BCUT2D eigenvalue weighted by atomic mass is 79.9. The fraction of sp³-hybridized carbons (Fsp3) is 0.533. The second-order valence-electron chi connectivity index (χ2n) is 5.22. The van der Waals surface area contributed by atoms with Crippen molar-refractivity contribution in [3.63, 3.8) is 0 Å². The van der Waals surface area contributed by atoms with Crippen molar-refractivity contribution in [3.05, 3.63) is 34.1 Å². The lowest BCUT2D eigenvalue weighted by Gasteiger charge is -2.34. The highest BCUT2D eigenvalue weighted by Gasteiger charge is 2.18. The summed E-state index contributed by atoms with van der Waals surface area (Å²) in [5.74, 6) is -0.377. The average molecular weight is 359 g/mol. The van der Waals surface area contributed by atoms with Gasteiger partial charge in [0, 0.05) is 43.7 Å². The molecular weight excluding hydrogens is 339 g/mol. The van der Waals surface area contributed by atoms with Gasteiger partial charge in [-0.2, -0.15) is 0 Å². The molecule has 0 saturated carbocycles. The number of methoxy groups -OCH3 is 1. The standard InChI is InChI=1S/C15H20BrFN2O2/c1-21-15(20)2-3-18-4-6-19(7-5-18)11-12-8-13(16)10-14(17)9-12/h8-10H,2-7,11H2,1H3. The van der Waals surface area contributed by atoms with Crippen molar-refractivity contribution in [2.75, 3.05) is 39.8 Å². The van der Waals surface area contributed by atoms with Gasteiger partial charge in [-0.25, -0.2) is 4.39 Å². The zero-order chi connectivity index (χ0) is 15.2. The molecule has 1 aromatic rings. The van der Waals surface area contributed by atoms with Crippen LogP contribution in [0.1, 0.15) is 12.0 Å². The molecule has 0 unspecified atom stereocenters. The van der Waals surface area contributed by atoms with E-state index in [1.54, 1.807) is 6.07 Å². The maximum absolute atomic E-state index is 13.4. The van der Waals surface area contributed by atoms with Gasteiger partial charge >= 0.3 is 5.97 Å². The predicted molar refractivity (Wildman–Crippen MR) is 82.5 cm³/mol. The molecule has 1 saturated heterocycles. The number of halogens is 2. The molecule has 0 aliphatic carbocycles. The van der Waals surface area contributed by atoms with E-state index in [4.69, 9.17) is 0 Å². The third-order valence-electron chi connectivity index (χ3n) is 3.65. The molecule has 0 atom stereocenters. The average Bonchev–Trinajstić information content (AvgIpc) is 2.45. The second kappa shape index (κ2) is 7.87. The van der Waals surface area contributed by atoms with Crippen LogP contribution in [0.25, 0.3) is 0 Å². The fourth-order valence-corrected chi connectivity index (χ4v) is 3.00. The minimum atomic E-state index is -0.212. The number of benzene rings is 1. The first kappa shape index (κ1) is 16.4. The molecule has 6 heteroatoms. The highest BCUT2D eigenvalue weighted by Crippen LogP contribution is 2.17. The Morgan fingerprint density at radius 2 is 1.90 bits per heavy atom. The van der Waals surface area contributed by atoms with Crippen molar-refractivity contribution in [1.82, 2.24) is 9.80 Å². The van der Waals surface area contributed by atoms with Crippen LogP contribution in [0.4, 0.5) is 4.39 Å². The van der Waals surface area contributed by atoms with Crippen LogP contribution in [-0.2, 0) is 16.1 Å². The van der Waals surface area contributed by atoms with Gasteiger partial charge in [0.1, 0.15) is 5.82 Å². The zero-order valence-corrected chi connectivity index (χ0v) is 13.7. The smallest absolute Gasteiger partial charge is 0.306 e. The summed E-state index contributed by atoms with van der Waals surface area (Å²) in [6.07, 6.45) is 0.438. The molecule has 0 aromatic heterocycles. The second-order valence-corrected chi connectivity index (χ2v) is 6.14. The van der Waals surface area contributed by atoms with Crippen LogP contribution >= 0.6 is 15.9 Å². The van der Waals surface area contributed by atoms with Crippen molar-refractivity contribution in [2.24, 2.45) is 0 Å². The van der Waals surface area contributed by atoms with Gasteiger partial charge in [0.25, 0.3) is 0 Å². The maximum atomic E-state index is 13.4. The van der Waals surface area contributed by atoms with Gasteiger partial charge in [0.2, 0.25) is 0 Å². The summed E-state index contributed by atoms with van der Waals surface area (Å²) in [6, 6.07) is 5.00. The van der Waals surface area contributed by atoms with Crippen molar-refractivity contribution in [3.8, 4) is 0 Å². The summed E-state index contributed by atoms with van der Waals surface area (Å²) in [6.45, 7) is 5.19. The van der Waals surface area contributed by atoms with Gasteiger partial charge in [-0.15, -0.1) is 0 Å². The van der Waals surface area contributed by atoms with Gasteiger partial charge in [0.15, 0.2) is 0 Å². The molecule has 0 N–H and O–H groups in total. The van der Waals surface area contributed by atoms with Crippen molar-refractivity contribution in [2.45, 2.75) is 13.0 Å². The number of rotatable bonds is 5. The van der Waals surface area contributed by atoms with Crippen LogP contribution in [0, 0.1) is 5.82 Å². The summed E-state index contributed by atoms with van der Waals surface area (Å²) in [5.41, 5.74) is 0.977. The number of hydrogen-bond acceptors (Lipinski definition) is 4. The summed E-state index contributed by atoms with van der Waals surface area (Å²) >= 11 is 3.32. The Labute approximate surface area is 133 Å². The van der Waals surface area contributed by atoms with Crippen LogP contribution < -0.4 is 0 Å². The van der Waals surface area contributed by atoms with Crippen LogP contribution in [-0.4, -0.2) is 55.6 Å². The lowest BCUT2D eigenvalue weighted by molar-refractivity contribution is -0.141. The lowest BCUT2D eigenvalue weighted by atomic mass is 10.2. The Balaban J connectivity index is 1.77. The van der Waals surface area contributed by atoms with Gasteiger partial charge in [0.05, 0.1) is 13.5 Å². The first-order chi connectivity index (χ1) is 10.1. The molecule has 0 spiro atoms. The molecule has 1 aliphatic rings. The van der Waals surface area contributed by atoms with Gasteiger partial charge in [-0.3, -0.25) is 9.69 Å². The van der Waals surface area contributed by atoms with Crippen LogP contribution in [0.2, 0.25) is 0 Å². The van der Waals surface area contributed by atoms with E-state index in [1.165, 1.54) is 13.2 Å². The third kappa shape index (κ3) is 5.37. The molecule has 1 heterocycles. The molecule has 0 radical (unpaired) electrons. The van der Waals surface area contributed by atoms with Crippen LogP contribution in [0.5, 0.6) is 0 Å². The van der Waals surface area contributed by atoms with E-state index in [-0.39, 0.29) is 11.8 Å². The van der Waals surface area contributed by atoms with Crippen molar-refractivity contribution >= 4 is 21.9 Å². The van der Waals surface area contributed by atoms with Crippen LogP contribution in [0.3, 0.4) is 0 Å². The summed E-state index contributed by atoms with van der Waals surface area (Å²) in [5, 5.41) is 0. The Kier molecular flexibility index (Phi) is 6.14. The quantitative estimate of drug-likeness (QED) is 0.756. The Morgan fingerprint density at radius 1 is 1.24 bits per heavy atom. The Hall–Kier alpha value is -0.980. The molecule has 1 fully saturated rings. The summed E-state index contributed by atoms with van der Waals surface area (Å²) in [4.78, 5) is 15.7. The van der Waals surface area contributed by atoms with Crippen LogP contribution in [0.15, 0.2) is 22.7 Å². The molecule has 0 bridgehead atoms. The number of nitrogens with zero attached hydrogens (tertiary/aromatic N) is 2. The molecular formula is C15H20BrFN2O2. The highest BCUT2D eigenvalue weighted by molar-refractivity contribution is 9.10. The first-order valence-corrected chi connectivity index (χ1v) is 7.82. The minimum Gasteiger partial charge on any atom is -0.469 e. The van der Waals surface area contributed by atoms with Gasteiger partial charge < -0.3 is 9.64 Å². The Morgan fingerprint density at radius 3 is 2.52 bits per heavy atom. The topological polar surface area (TPSA) is 32.8 Å². The van der Waals surface area contributed by atoms with E-state index in [9.17, 15) is 9.18 Å². The fourth-order valence-electron chi connectivity index (χ4n) is 2.48. The summed E-state index contributed by atoms with van der Waals surface area (Å²) in [7, 11) is 1.41. The van der Waals surface area contributed by atoms with Crippen molar-refractivity contribution in [1.29, 1.82) is 0 Å². The van der Waals surface area contributed by atoms with E-state index in [0.29, 0.717) is 6.42 Å². The zero-order valence-electron chi connectivity index (χ0n) is 12.1. The van der Waals surface area contributed by atoms with E-state index in [0.717, 1.165) is 49.3 Å². The number of carbonyl (C=O) groups excluding carboxylic acids is 1. The molecule has 2 rings (SSSR count). The minimum absolute atomic E-state index is 0.165. The molecule has 1 aromatic carbocycles. The molecule has 1 aliphatic heterocycles. The number of hydrogen-bond donors (Lipinski definition) is 0. The number of esters is 1. The Bertz CT molecular complexity index is 470. The maximum Gasteiger partial charge on any atom is 0.306 e. The van der Waals surface area contributed by atoms with E-state index in [1.807, 2.05) is 6.07 Å². The SMILES string of the molecule is COC(=O)CCN1CCN(Cc2cc(F)cc(Br)c2)CC1. The number of carbonyl (C=O) groups is 1. The lowest BCUT2D eigenvalue weighted by Crippen LogP contribution is -2.46. The normalized spacial score (nSPS) is 16.9. The third-order valence-corrected chi connectivity index (χ3v) is 4.11. The van der Waals surface area contributed by atoms with E-state index < -0.39 is 0 Å². The van der Waals surface area contributed by atoms with Gasteiger partial charge in [-0.05, 0) is 23.8 Å². The van der Waals surface area contributed by atoms with E-state index >= 15 is 0 Å². The first-order valence-electron chi connectivity index (χ1n) is 7.03. The molecule has 21 heavy (non-hydrogen) atoms. The largest absolute Gasteiger partial charge is 0.469 e. The monoisotopic (exact) mass is 358 g/mol. The summed E-state index contributed by atoms with van der Waals surface area (Å²) < 4.78 is 18.8. The number of piperazine rings is 1. The van der Waals surface area contributed by atoms with Crippen molar-refractivity contribution < 1.29 is 13.9 Å². The molecule has 0 amide bonds. The number of ether oxygens (including phenoxy) is 1. The van der Waals surface area contributed by atoms with Gasteiger partial charge in [-0.1, -0.05) is 15.9 Å². The van der Waals surface area contributed by atoms with E-state index in [2.05, 4.69) is 30.5 Å².